The Labute approximate surface area is 243 Å². The molecular weight excluding hydrogens is 537 g/mol. The molecule has 41 heavy (non-hydrogen) atoms. The van der Waals surface area contributed by atoms with Gasteiger partial charge in [-0.25, -0.2) is 14.4 Å². The molecule has 4 aromatic rings. The molecule has 10 heteroatoms. The van der Waals surface area contributed by atoms with Gasteiger partial charge in [0.05, 0.1) is 11.4 Å². The van der Waals surface area contributed by atoms with Crippen LogP contribution in [0.4, 0.5) is 21.0 Å². The SMILES string of the molecule is CCc1nc2c(C)cc(N3CCC4(CCN(C(C)=O)C4)CC3)cn2c1N(C)c1nc(-c2ccc(F)cc2)c(C#N)s1. The van der Waals surface area contributed by atoms with E-state index in [0.29, 0.717) is 21.3 Å². The Hall–Kier alpha value is -3.97. The molecule has 0 N–H and O–H groups in total. The molecule has 0 unspecified atom stereocenters. The molecule has 2 fully saturated rings. The highest BCUT2D eigenvalue weighted by atomic mass is 32.1. The fourth-order valence-electron chi connectivity index (χ4n) is 6.37. The second-order valence-corrected chi connectivity index (χ2v) is 12.3. The molecule has 212 valence electrons. The molecule has 1 amide bonds. The van der Waals surface area contributed by atoms with E-state index in [1.54, 1.807) is 19.1 Å². The van der Waals surface area contributed by atoms with Crippen molar-refractivity contribution in [3.63, 3.8) is 0 Å². The zero-order chi connectivity index (χ0) is 28.9. The van der Waals surface area contributed by atoms with Crippen molar-refractivity contribution in [3.8, 4) is 17.3 Å². The van der Waals surface area contributed by atoms with Gasteiger partial charge in [-0.05, 0) is 73.9 Å². The van der Waals surface area contributed by atoms with E-state index in [9.17, 15) is 14.4 Å². The maximum absolute atomic E-state index is 13.5. The Bertz CT molecular complexity index is 1660. The van der Waals surface area contributed by atoms with Crippen LogP contribution < -0.4 is 9.80 Å². The summed E-state index contributed by atoms with van der Waals surface area (Å²) in [6.07, 6.45) is 6.16. The van der Waals surface area contributed by atoms with Gasteiger partial charge in [0.1, 0.15) is 33.9 Å². The highest BCUT2D eigenvalue weighted by Crippen LogP contribution is 2.42. The summed E-state index contributed by atoms with van der Waals surface area (Å²) in [5.41, 5.74) is 5.63. The first-order valence-electron chi connectivity index (χ1n) is 14.1. The summed E-state index contributed by atoms with van der Waals surface area (Å²) in [7, 11) is 1.96. The van der Waals surface area contributed by atoms with E-state index in [1.807, 2.05) is 16.8 Å². The highest BCUT2D eigenvalue weighted by molar-refractivity contribution is 7.16. The topological polar surface area (TPSA) is 80.8 Å². The summed E-state index contributed by atoms with van der Waals surface area (Å²) in [5.74, 6) is 0.785. The van der Waals surface area contributed by atoms with Crippen LogP contribution in [-0.4, -0.2) is 58.4 Å². The van der Waals surface area contributed by atoms with E-state index in [2.05, 4.69) is 41.5 Å². The van der Waals surface area contributed by atoms with Gasteiger partial charge in [0.25, 0.3) is 0 Å². The summed E-state index contributed by atoms with van der Waals surface area (Å²) in [4.78, 5) is 28.7. The zero-order valence-corrected chi connectivity index (χ0v) is 24.8. The van der Waals surface area contributed by atoms with Crippen molar-refractivity contribution in [1.82, 2.24) is 19.3 Å². The predicted octanol–water partition coefficient (Wildman–Crippen LogP) is 5.95. The fraction of sp³-hybridized carbons (Fsp3) is 0.419. The summed E-state index contributed by atoms with van der Waals surface area (Å²) >= 11 is 1.32. The molecule has 0 aliphatic carbocycles. The lowest BCUT2D eigenvalue weighted by Gasteiger charge is -2.40. The summed E-state index contributed by atoms with van der Waals surface area (Å²) in [6.45, 7) is 9.53. The number of nitrogens with zero attached hydrogens (tertiary/aromatic N) is 7. The number of rotatable bonds is 5. The van der Waals surface area contributed by atoms with Gasteiger partial charge in [0.2, 0.25) is 5.91 Å². The molecule has 6 rings (SSSR count). The quantitative estimate of drug-likeness (QED) is 0.295. The number of likely N-dealkylation sites (tertiary alicyclic amines) is 1. The Morgan fingerprint density at radius 3 is 2.51 bits per heavy atom. The average molecular weight is 572 g/mol. The van der Waals surface area contributed by atoms with Crippen LogP contribution in [-0.2, 0) is 11.2 Å². The lowest BCUT2D eigenvalue weighted by atomic mass is 9.77. The standard InChI is InChI=1S/C31H34FN7OS/c1-5-25-29(36(4)30-35-27(26(17-33)41-30)22-6-8-23(32)9-7-22)39-18-24(16-20(2)28(39)34-25)37-13-10-31(11-14-37)12-15-38(19-31)21(3)40/h6-9,16,18H,5,10-15,19H2,1-4H3. The van der Waals surface area contributed by atoms with Crippen molar-refractivity contribution in [2.24, 2.45) is 5.41 Å². The molecule has 0 saturated carbocycles. The summed E-state index contributed by atoms with van der Waals surface area (Å²) in [5, 5.41) is 10.5. The number of anilines is 3. The number of hydrogen-bond acceptors (Lipinski definition) is 7. The van der Waals surface area contributed by atoms with Gasteiger partial charge in [-0.1, -0.05) is 18.3 Å². The van der Waals surface area contributed by atoms with E-state index in [0.717, 1.165) is 80.3 Å². The Balaban J connectivity index is 1.33. The third kappa shape index (κ3) is 4.82. The van der Waals surface area contributed by atoms with Crippen LogP contribution in [0.2, 0.25) is 0 Å². The summed E-state index contributed by atoms with van der Waals surface area (Å²) in [6, 6.07) is 10.6. The van der Waals surface area contributed by atoms with Gasteiger partial charge in [0, 0.05) is 51.9 Å². The van der Waals surface area contributed by atoms with Crippen molar-refractivity contribution in [2.45, 2.75) is 46.5 Å². The van der Waals surface area contributed by atoms with Crippen LogP contribution in [0.5, 0.6) is 0 Å². The number of halogens is 1. The number of carbonyl (C=O) groups is 1. The predicted molar refractivity (Wildman–Crippen MR) is 160 cm³/mol. The number of piperidine rings is 1. The van der Waals surface area contributed by atoms with Crippen molar-refractivity contribution >= 4 is 39.5 Å². The third-order valence-corrected chi connectivity index (χ3v) is 9.82. The van der Waals surface area contributed by atoms with Gasteiger partial charge in [0.15, 0.2) is 5.13 Å². The van der Waals surface area contributed by atoms with Crippen molar-refractivity contribution in [3.05, 3.63) is 58.5 Å². The number of thiazole rings is 1. The maximum Gasteiger partial charge on any atom is 0.219 e. The minimum absolute atomic E-state index is 0.181. The van der Waals surface area contributed by atoms with Crippen molar-refractivity contribution in [2.75, 3.05) is 43.0 Å². The molecule has 3 aromatic heterocycles. The van der Waals surface area contributed by atoms with Gasteiger partial charge in [-0.3, -0.25) is 9.20 Å². The Morgan fingerprint density at radius 1 is 1.17 bits per heavy atom. The van der Waals surface area contributed by atoms with E-state index in [4.69, 9.17) is 9.97 Å². The van der Waals surface area contributed by atoms with E-state index >= 15 is 0 Å². The highest BCUT2D eigenvalue weighted by Gasteiger charge is 2.41. The number of amides is 1. The first kappa shape index (κ1) is 27.2. The van der Waals surface area contributed by atoms with E-state index in [1.165, 1.54) is 23.5 Å². The number of imidazole rings is 1. The number of fused-ring (bicyclic) bond motifs is 1. The fourth-order valence-corrected chi connectivity index (χ4v) is 7.21. The van der Waals surface area contributed by atoms with Gasteiger partial charge < -0.3 is 14.7 Å². The van der Waals surface area contributed by atoms with Gasteiger partial charge in [-0.2, -0.15) is 5.26 Å². The average Bonchev–Trinajstić information content (AvgIpc) is 3.69. The molecular formula is C31H34FN7OS. The van der Waals surface area contributed by atoms with Crippen LogP contribution in [0.15, 0.2) is 36.5 Å². The molecule has 2 aliphatic heterocycles. The monoisotopic (exact) mass is 571 g/mol. The molecule has 5 heterocycles. The second-order valence-electron chi connectivity index (χ2n) is 11.3. The zero-order valence-electron chi connectivity index (χ0n) is 23.9. The first-order valence-corrected chi connectivity index (χ1v) is 15.0. The number of hydrogen-bond donors (Lipinski definition) is 0. The minimum Gasteiger partial charge on any atom is -0.370 e. The first-order chi connectivity index (χ1) is 19.7. The lowest BCUT2D eigenvalue weighted by Crippen LogP contribution is -2.42. The number of carbonyl (C=O) groups excluding carboxylic acids is 1. The smallest absolute Gasteiger partial charge is 0.219 e. The number of nitriles is 1. The molecule has 2 aliphatic rings. The van der Waals surface area contributed by atoms with Crippen LogP contribution >= 0.6 is 11.3 Å². The minimum atomic E-state index is -0.325. The number of aryl methyl sites for hydroxylation is 2. The largest absolute Gasteiger partial charge is 0.370 e. The summed E-state index contributed by atoms with van der Waals surface area (Å²) < 4.78 is 15.7. The molecule has 0 bridgehead atoms. The van der Waals surface area contributed by atoms with E-state index < -0.39 is 0 Å². The van der Waals surface area contributed by atoms with Crippen LogP contribution in [0.1, 0.15) is 49.2 Å². The Kier molecular flexibility index (Phi) is 6.94. The molecule has 1 spiro atoms. The molecule has 2 saturated heterocycles. The van der Waals surface area contributed by atoms with Crippen LogP contribution in [0, 0.1) is 29.5 Å². The molecule has 8 nitrogen and oxygen atoms in total. The van der Waals surface area contributed by atoms with Crippen LogP contribution in [0.3, 0.4) is 0 Å². The van der Waals surface area contributed by atoms with Crippen LogP contribution in [0.25, 0.3) is 16.9 Å². The Morgan fingerprint density at radius 2 is 1.88 bits per heavy atom. The molecule has 0 atom stereocenters. The van der Waals surface area contributed by atoms with E-state index in [-0.39, 0.29) is 17.1 Å². The maximum atomic E-state index is 13.5. The normalized spacial score (nSPS) is 16.5. The number of aromatic nitrogens is 3. The van der Waals surface area contributed by atoms with Gasteiger partial charge >= 0.3 is 0 Å². The second kappa shape index (κ2) is 10.5. The molecule has 0 radical (unpaired) electrons. The van der Waals surface area contributed by atoms with Gasteiger partial charge in [-0.15, -0.1) is 0 Å². The van der Waals surface area contributed by atoms with Crippen molar-refractivity contribution < 1.29 is 9.18 Å². The number of benzene rings is 1. The lowest BCUT2D eigenvalue weighted by molar-refractivity contribution is -0.128. The third-order valence-electron chi connectivity index (χ3n) is 8.78. The van der Waals surface area contributed by atoms with Crippen molar-refractivity contribution in [1.29, 1.82) is 5.26 Å². The number of pyridine rings is 1. The molecule has 1 aromatic carbocycles.